The van der Waals surface area contributed by atoms with Gasteiger partial charge in [-0.3, -0.25) is 9.58 Å². The Morgan fingerprint density at radius 2 is 2.38 bits per heavy atom. The molecular weight excluding hydrogens is 282 g/mol. The van der Waals surface area contributed by atoms with Crippen LogP contribution in [0.2, 0.25) is 0 Å². The van der Waals surface area contributed by atoms with Gasteiger partial charge < -0.3 is 0 Å². The Balaban J connectivity index is 1.53. The van der Waals surface area contributed by atoms with Crippen LogP contribution in [-0.4, -0.2) is 37.7 Å². The Hall–Kier alpha value is -1.27. The van der Waals surface area contributed by atoms with Crippen LogP contribution in [0.1, 0.15) is 36.9 Å². The number of aryl methyl sites for hydroxylation is 1. The SMILES string of the molecule is CCCc1nc(CN2CCC[C@@H](Cn3cncn3)C2)cs1. The van der Waals surface area contributed by atoms with Crippen molar-refractivity contribution in [2.75, 3.05) is 13.1 Å². The van der Waals surface area contributed by atoms with Crippen molar-refractivity contribution in [3.63, 3.8) is 0 Å². The molecule has 6 heteroatoms. The Bertz CT molecular complexity index is 536. The predicted molar refractivity (Wildman–Crippen MR) is 84.1 cm³/mol. The van der Waals surface area contributed by atoms with Gasteiger partial charge in [-0.25, -0.2) is 9.97 Å². The van der Waals surface area contributed by atoms with E-state index in [1.807, 2.05) is 22.3 Å². The van der Waals surface area contributed by atoms with Crippen molar-refractivity contribution in [3.8, 4) is 0 Å². The van der Waals surface area contributed by atoms with E-state index < -0.39 is 0 Å². The number of nitrogens with zero attached hydrogens (tertiary/aromatic N) is 5. The summed E-state index contributed by atoms with van der Waals surface area (Å²) in [6.07, 6.45) is 8.28. The van der Waals surface area contributed by atoms with Crippen molar-refractivity contribution in [1.82, 2.24) is 24.6 Å². The lowest BCUT2D eigenvalue weighted by atomic mass is 9.98. The van der Waals surface area contributed by atoms with Gasteiger partial charge in [-0.15, -0.1) is 11.3 Å². The van der Waals surface area contributed by atoms with E-state index in [2.05, 4.69) is 27.3 Å². The van der Waals surface area contributed by atoms with E-state index in [0.717, 1.165) is 26.1 Å². The van der Waals surface area contributed by atoms with Crippen LogP contribution in [0.3, 0.4) is 0 Å². The zero-order valence-corrected chi connectivity index (χ0v) is 13.4. The average Bonchev–Trinajstić information content (AvgIpc) is 3.12. The first-order chi connectivity index (χ1) is 10.3. The highest BCUT2D eigenvalue weighted by atomic mass is 32.1. The molecule has 1 atom stereocenters. The quantitative estimate of drug-likeness (QED) is 0.823. The van der Waals surface area contributed by atoms with Crippen LogP contribution in [0.15, 0.2) is 18.0 Å². The summed E-state index contributed by atoms with van der Waals surface area (Å²) in [7, 11) is 0. The van der Waals surface area contributed by atoms with Crippen LogP contribution in [-0.2, 0) is 19.5 Å². The van der Waals surface area contributed by atoms with Gasteiger partial charge in [0.25, 0.3) is 0 Å². The molecule has 0 aromatic carbocycles. The van der Waals surface area contributed by atoms with Crippen LogP contribution in [0.5, 0.6) is 0 Å². The molecule has 3 heterocycles. The van der Waals surface area contributed by atoms with Crippen LogP contribution >= 0.6 is 11.3 Å². The molecule has 0 bridgehead atoms. The monoisotopic (exact) mass is 305 g/mol. The molecule has 0 radical (unpaired) electrons. The minimum atomic E-state index is 0.675. The molecule has 3 rings (SSSR count). The summed E-state index contributed by atoms with van der Waals surface area (Å²) in [5, 5.41) is 7.73. The minimum Gasteiger partial charge on any atom is -0.297 e. The lowest BCUT2D eigenvalue weighted by molar-refractivity contribution is 0.152. The number of hydrogen-bond donors (Lipinski definition) is 0. The predicted octanol–water partition coefficient (Wildman–Crippen LogP) is 2.60. The van der Waals surface area contributed by atoms with Gasteiger partial charge in [0.2, 0.25) is 0 Å². The van der Waals surface area contributed by atoms with E-state index >= 15 is 0 Å². The van der Waals surface area contributed by atoms with Gasteiger partial charge in [-0.2, -0.15) is 5.10 Å². The highest BCUT2D eigenvalue weighted by molar-refractivity contribution is 7.09. The lowest BCUT2D eigenvalue weighted by Gasteiger charge is -2.32. The summed E-state index contributed by atoms with van der Waals surface area (Å²) in [5.74, 6) is 0.675. The van der Waals surface area contributed by atoms with Crippen LogP contribution < -0.4 is 0 Å². The molecule has 0 spiro atoms. The number of piperidine rings is 1. The van der Waals surface area contributed by atoms with E-state index in [1.165, 1.54) is 36.5 Å². The highest BCUT2D eigenvalue weighted by Crippen LogP contribution is 2.21. The van der Waals surface area contributed by atoms with Gasteiger partial charge in [-0.05, 0) is 38.1 Å². The summed E-state index contributed by atoms with van der Waals surface area (Å²) in [4.78, 5) is 11.3. The largest absolute Gasteiger partial charge is 0.297 e. The molecule has 114 valence electrons. The van der Waals surface area contributed by atoms with E-state index in [0.29, 0.717) is 5.92 Å². The van der Waals surface area contributed by atoms with Gasteiger partial charge in [0.05, 0.1) is 10.7 Å². The van der Waals surface area contributed by atoms with E-state index in [4.69, 9.17) is 4.98 Å². The molecule has 0 aliphatic carbocycles. The fourth-order valence-corrected chi connectivity index (χ4v) is 3.91. The molecule has 2 aromatic heterocycles. The number of likely N-dealkylation sites (tertiary alicyclic amines) is 1. The molecule has 21 heavy (non-hydrogen) atoms. The maximum Gasteiger partial charge on any atom is 0.137 e. The third-order valence-electron chi connectivity index (χ3n) is 3.96. The Morgan fingerprint density at radius 3 is 3.19 bits per heavy atom. The van der Waals surface area contributed by atoms with Crippen molar-refractivity contribution in [2.24, 2.45) is 5.92 Å². The normalized spacial score (nSPS) is 20.0. The van der Waals surface area contributed by atoms with Gasteiger partial charge in [0.15, 0.2) is 0 Å². The summed E-state index contributed by atoms with van der Waals surface area (Å²) >= 11 is 1.81. The smallest absolute Gasteiger partial charge is 0.137 e. The number of hydrogen-bond acceptors (Lipinski definition) is 5. The van der Waals surface area contributed by atoms with Crippen LogP contribution in [0.4, 0.5) is 0 Å². The fourth-order valence-electron chi connectivity index (χ4n) is 3.01. The van der Waals surface area contributed by atoms with Crippen molar-refractivity contribution in [2.45, 2.75) is 45.7 Å². The number of thiazole rings is 1. The minimum absolute atomic E-state index is 0.675. The Kier molecular flexibility index (Phi) is 4.98. The van der Waals surface area contributed by atoms with Crippen LogP contribution in [0.25, 0.3) is 0 Å². The van der Waals surface area contributed by atoms with Crippen LogP contribution in [0, 0.1) is 5.92 Å². The fraction of sp³-hybridized carbons (Fsp3) is 0.667. The summed E-state index contributed by atoms with van der Waals surface area (Å²) < 4.78 is 1.95. The van der Waals surface area contributed by atoms with E-state index in [9.17, 15) is 0 Å². The van der Waals surface area contributed by atoms with Crippen molar-refractivity contribution >= 4 is 11.3 Å². The highest BCUT2D eigenvalue weighted by Gasteiger charge is 2.21. The van der Waals surface area contributed by atoms with E-state index in [-0.39, 0.29) is 0 Å². The summed E-state index contributed by atoms with van der Waals surface area (Å²) in [6.45, 7) is 6.51. The molecule has 2 aromatic rings. The standard InChI is InChI=1S/C15H23N5S/c1-2-4-15-18-14(10-21-15)9-19-6-3-5-13(7-19)8-20-12-16-11-17-20/h10-13H,2-9H2,1H3/t13-/m1/s1. The lowest BCUT2D eigenvalue weighted by Crippen LogP contribution is -2.36. The van der Waals surface area contributed by atoms with Crippen molar-refractivity contribution in [1.29, 1.82) is 0 Å². The second-order valence-electron chi connectivity index (χ2n) is 5.84. The first-order valence-corrected chi connectivity index (χ1v) is 8.69. The Labute approximate surface area is 130 Å². The maximum atomic E-state index is 4.74. The maximum absolute atomic E-state index is 4.74. The second-order valence-corrected chi connectivity index (χ2v) is 6.79. The molecule has 0 amide bonds. The van der Waals surface area contributed by atoms with E-state index in [1.54, 1.807) is 6.33 Å². The molecule has 1 saturated heterocycles. The third kappa shape index (κ3) is 4.11. The van der Waals surface area contributed by atoms with Crippen molar-refractivity contribution < 1.29 is 0 Å². The topological polar surface area (TPSA) is 46.8 Å². The zero-order valence-electron chi connectivity index (χ0n) is 12.6. The van der Waals surface area contributed by atoms with Gasteiger partial charge in [0.1, 0.15) is 12.7 Å². The average molecular weight is 305 g/mol. The van der Waals surface area contributed by atoms with Gasteiger partial charge in [-0.1, -0.05) is 6.92 Å². The van der Waals surface area contributed by atoms with Gasteiger partial charge in [0, 0.05) is 25.0 Å². The molecule has 0 N–H and O–H groups in total. The molecule has 1 fully saturated rings. The first kappa shape index (κ1) is 14.7. The second kappa shape index (κ2) is 7.13. The number of rotatable bonds is 6. The van der Waals surface area contributed by atoms with Gasteiger partial charge >= 0.3 is 0 Å². The van der Waals surface area contributed by atoms with Crippen molar-refractivity contribution in [3.05, 3.63) is 28.7 Å². The first-order valence-electron chi connectivity index (χ1n) is 7.81. The number of aromatic nitrogens is 4. The molecule has 0 unspecified atom stereocenters. The molecule has 0 saturated carbocycles. The zero-order chi connectivity index (χ0) is 14.5. The Morgan fingerprint density at radius 1 is 1.43 bits per heavy atom. The molecule has 1 aliphatic heterocycles. The molecule has 5 nitrogen and oxygen atoms in total. The summed E-state index contributed by atoms with van der Waals surface area (Å²) in [6, 6.07) is 0. The molecule has 1 aliphatic rings. The summed E-state index contributed by atoms with van der Waals surface area (Å²) in [5.41, 5.74) is 1.24. The third-order valence-corrected chi connectivity index (χ3v) is 4.92. The molecular formula is C15H23N5S.